The highest BCUT2D eigenvalue weighted by atomic mass is 16.5. The Morgan fingerprint density at radius 3 is 2.75 bits per heavy atom. The molecule has 0 spiro atoms. The number of nitrogens with two attached hydrogens (primary N) is 2. The van der Waals surface area contributed by atoms with Crippen molar-refractivity contribution in [3.8, 4) is 17.1 Å². The van der Waals surface area contributed by atoms with E-state index >= 15 is 0 Å². The first-order valence-corrected chi connectivity index (χ1v) is 6.02. The zero-order chi connectivity index (χ0) is 14.5. The average Bonchev–Trinajstić information content (AvgIpc) is 2.48. The first-order valence-electron chi connectivity index (χ1n) is 6.02. The van der Waals surface area contributed by atoms with E-state index in [1.165, 1.54) is 6.07 Å². The number of nitrogens with zero attached hydrogens (tertiary/aromatic N) is 2. The topological polar surface area (TPSA) is 116 Å². The Kier molecular flexibility index (Phi) is 4.11. The summed E-state index contributed by atoms with van der Waals surface area (Å²) in [7, 11) is 0. The number of amides is 1. The zero-order valence-corrected chi connectivity index (χ0v) is 11.0. The van der Waals surface area contributed by atoms with Gasteiger partial charge in [-0.2, -0.15) is 0 Å². The molecule has 0 saturated heterocycles. The maximum absolute atomic E-state index is 11.5. The number of aromatic nitrogens is 2. The van der Waals surface area contributed by atoms with Gasteiger partial charge < -0.3 is 10.5 Å². The average molecular weight is 273 g/mol. The summed E-state index contributed by atoms with van der Waals surface area (Å²) in [6.45, 7) is 2.42. The summed E-state index contributed by atoms with van der Waals surface area (Å²) in [6, 6.07) is 6.60. The van der Waals surface area contributed by atoms with Gasteiger partial charge in [0, 0.05) is 17.8 Å². The number of anilines is 1. The highest BCUT2D eigenvalue weighted by Crippen LogP contribution is 2.24. The minimum Gasteiger partial charge on any atom is -0.478 e. The summed E-state index contributed by atoms with van der Waals surface area (Å²) < 4.78 is 5.26. The number of pyridine rings is 2. The number of nitrogen functional groups attached to an aromatic ring is 2. The van der Waals surface area contributed by atoms with Crippen molar-refractivity contribution in [3.05, 3.63) is 36.2 Å². The van der Waals surface area contributed by atoms with Gasteiger partial charge in [-0.1, -0.05) is 0 Å². The van der Waals surface area contributed by atoms with Crippen LogP contribution in [0.2, 0.25) is 0 Å². The fourth-order valence-corrected chi connectivity index (χ4v) is 1.66. The van der Waals surface area contributed by atoms with E-state index in [0.29, 0.717) is 29.4 Å². The van der Waals surface area contributed by atoms with Crippen molar-refractivity contribution in [2.45, 2.75) is 6.92 Å². The van der Waals surface area contributed by atoms with Crippen molar-refractivity contribution >= 4 is 11.6 Å². The van der Waals surface area contributed by atoms with Crippen LogP contribution in [0.15, 0.2) is 30.5 Å². The monoisotopic (exact) mass is 273 g/mol. The maximum atomic E-state index is 11.5. The molecule has 2 heterocycles. The molecule has 0 unspecified atom stereocenters. The number of hydrogen-bond donors (Lipinski definition) is 3. The van der Waals surface area contributed by atoms with Crippen LogP contribution in [0, 0.1) is 0 Å². The van der Waals surface area contributed by atoms with E-state index < -0.39 is 5.91 Å². The van der Waals surface area contributed by atoms with Gasteiger partial charge in [-0.3, -0.25) is 10.2 Å². The molecule has 2 rings (SSSR count). The summed E-state index contributed by atoms with van der Waals surface area (Å²) in [5.41, 5.74) is 9.70. The Labute approximate surface area is 115 Å². The highest BCUT2D eigenvalue weighted by molar-refractivity contribution is 5.93. The Hall–Kier alpha value is -2.67. The van der Waals surface area contributed by atoms with Crippen LogP contribution in [-0.2, 0) is 0 Å². The molecule has 2 aromatic rings. The van der Waals surface area contributed by atoms with Crippen molar-refractivity contribution in [2.75, 3.05) is 12.3 Å². The molecule has 1 amide bonds. The van der Waals surface area contributed by atoms with Crippen LogP contribution >= 0.6 is 0 Å². The van der Waals surface area contributed by atoms with Gasteiger partial charge in [0.05, 0.1) is 18.0 Å². The molecule has 7 nitrogen and oxygen atoms in total. The molecule has 7 heteroatoms. The Morgan fingerprint density at radius 1 is 1.35 bits per heavy atom. The SMILES string of the molecule is CCOc1ccc(-c2nc(C(=O)NN)ccc2N)cn1. The normalized spacial score (nSPS) is 10.1. The lowest BCUT2D eigenvalue weighted by molar-refractivity contribution is 0.0949. The van der Waals surface area contributed by atoms with Crippen LogP contribution in [0.25, 0.3) is 11.3 Å². The second-order valence-corrected chi connectivity index (χ2v) is 3.93. The zero-order valence-electron chi connectivity index (χ0n) is 11.0. The van der Waals surface area contributed by atoms with E-state index in [0.717, 1.165) is 0 Å². The van der Waals surface area contributed by atoms with E-state index in [4.69, 9.17) is 16.3 Å². The number of carbonyl (C=O) groups excluding carboxylic acids is 1. The molecule has 0 aliphatic rings. The van der Waals surface area contributed by atoms with Gasteiger partial charge in [0.25, 0.3) is 5.91 Å². The third-order valence-corrected chi connectivity index (χ3v) is 2.59. The van der Waals surface area contributed by atoms with Crippen LogP contribution < -0.4 is 21.7 Å². The predicted octanol–water partition coefficient (Wildman–Crippen LogP) is 0.728. The number of rotatable bonds is 4. The number of ether oxygens (including phenoxy) is 1. The number of nitrogens with one attached hydrogen (secondary N) is 1. The van der Waals surface area contributed by atoms with Crippen molar-refractivity contribution in [1.82, 2.24) is 15.4 Å². The van der Waals surface area contributed by atoms with Crippen LogP contribution in [0.1, 0.15) is 17.4 Å². The van der Waals surface area contributed by atoms with Gasteiger partial charge in [0.15, 0.2) is 0 Å². The molecule has 5 N–H and O–H groups in total. The molecule has 2 aromatic heterocycles. The predicted molar refractivity (Wildman–Crippen MR) is 74.7 cm³/mol. The molecule has 20 heavy (non-hydrogen) atoms. The fraction of sp³-hybridized carbons (Fsp3) is 0.154. The van der Waals surface area contributed by atoms with Gasteiger partial charge in [-0.25, -0.2) is 15.8 Å². The van der Waals surface area contributed by atoms with Crippen LogP contribution in [0.3, 0.4) is 0 Å². The number of carbonyl (C=O) groups is 1. The molecule has 0 aliphatic carbocycles. The first-order chi connectivity index (χ1) is 9.65. The van der Waals surface area contributed by atoms with Crippen LogP contribution in [0.4, 0.5) is 5.69 Å². The molecule has 0 aliphatic heterocycles. The second-order valence-electron chi connectivity index (χ2n) is 3.93. The van der Waals surface area contributed by atoms with E-state index in [1.807, 2.05) is 12.3 Å². The van der Waals surface area contributed by atoms with Crippen molar-refractivity contribution in [1.29, 1.82) is 0 Å². The van der Waals surface area contributed by atoms with Crippen LogP contribution in [0.5, 0.6) is 5.88 Å². The van der Waals surface area contributed by atoms with Gasteiger partial charge in [-0.05, 0) is 25.1 Å². The number of hydrazine groups is 1. The highest BCUT2D eigenvalue weighted by Gasteiger charge is 2.11. The second kappa shape index (κ2) is 5.98. The minimum absolute atomic E-state index is 0.186. The molecule has 0 bridgehead atoms. The molecule has 104 valence electrons. The smallest absolute Gasteiger partial charge is 0.283 e. The summed E-state index contributed by atoms with van der Waals surface area (Å²) in [4.78, 5) is 19.8. The van der Waals surface area contributed by atoms with Gasteiger partial charge in [0.1, 0.15) is 5.69 Å². The molecule has 0 atom stereocenters. The molecular formula is C13H15N5O2. The lowest BCUT2D eigenvalue weighted by Crippen LogP contribution is -2.30. The molecule has 0 radical (unpaired) electrons. The van der Waals surface area contributed by atoms with Gasteiger partial charge >= 0.3 is 0 Å². The van der Waals surface area contributed by atoms with E-state index in [-0.39, 0.29) is 5.69 Å². The Morgan fingerprint density at radius 2 is 2.15 bits per heavy atom. The minimum atomic E-state index is -0.481. The van der Waals surface area contributed by atoms with E-state index in [1.54, 1.807) is 24.4 Å². The van der Waals surface area contributed by atoms with Crippen molar-refractivity contribution < 1.29 is 9.53 Å². The van der Waals surface area contributed by atoms with Crippen molar-refractivity contribution in [3.63, 3.8) is 0 Å². The maximum Gasteiger partial charge on any atom is 0.283 e. The van der Waals surface area contributed by atoms with E-state index in [9.17, 15) is 4.79 Å². The largest absolute Gasteiger partial charge is 0.478 e. The Bertz CT molecular complexity index is 613. The summed E-state index contributed by atoms with van der Waals surface area (Å²) in [5.74, 6) is 5.12. The summed E-state index contributed by atoms with van der Waals surface area (Å²) in [6.07, 6.45) is 1.59. The molecule has 0 aromatic carbocycles. The summed E-state index contributed by atoms with van der Waals surface area (Å²) in [5, 5.41) is 0. The summed E-state index contributed by atoms with van der Waals surface area (Å²) >= 11 is 0. The molecule has 0 fully saturated rings. The standard InChI is InChI=1S/C13H15N5O2/c1-2-20-11-6-3-8(7-16-11)12-9(14)4-5-10(17-12)13(19)18-15/h3-7H,2,14-15H2,1H3,(H,18,19). The molecule has 0 saturated carbocycles. The molecular weight excluding hydrogens is 258 g/mol. The first kappa shape index (κ1) is 13.8. The number of hydrogen-bond acceptors (Lipinski definition) is 6. The van der Waals surface area contributed by atoms with Crippen LogP contribution in [-0.4, -0.2) is 22.5 Å². The quantitative estimate of drug-likeness (QED) is 0.429. The fourth-order valence-electron chi connectivity index (χ4n) is 1.66. The van der Waals surface area contributed by atoms with Gasteiger partial charge in [0.2, 0.25) is 5.88 Å². The Balaban J connectivity index is 2.38. The lowest BCUT2D eigenvalue weighted by atomic mass is 10.1. The van der Waals surface area contributed by atoms with Crippen molar-refractivity contribution in [2.24, 2.45) is 5.84 Å². The van der Waals surface area contributed by atoms with Gasteiger partial charge in [-0.15, -0.1) is 0 Å². The third-order valence-electron chi connectivity index (χ3n) is 2.59. The van der Waals surface area contributed by atoms with E-state index in [2.05, 4.69) is 9.97 Å². The third kappa shape index (κ3) is 2.83. The lowest BCUT2D eigenvalue weighted by Gasteiger charge is -2.08.